The normalized spacial score (nSPS) is 12.4. The highest BCUT2D eigenvalue weighted by molar-refractivity contribution is 5.84. The second-order valence-corrected chi connectivity index (χ2v) is 7.43. The lowest BCUT2D eigenvalue weighted by molar-refractivity contribution is -0.991. The molecule has 1 aromatic heterocycles. The van der Waals surface area contributed by atoms with Crippen molar-refractivity contribution in [2.75, 3.05) is 7.11 Å². The van der Waals surface area contributed by atoms with Crippen molar-refractivity contribution in [1.82, 2.24) is 5.16 Å². The van der Waals surface area contributed by atoms with E-state index in [9.17, 15) is 23.5 Å². The van der Waals surface area contributed by atoms with Crippen molar-refractivity contribution < 1.29 is 42.7 Å². The standard InChI is InChI=1S/C24H19F3N2O6/c1-33-17-8-4-15(5-9-17)21-22(35-28-23(21)24(25,26)27)19-11-10-18(12-20(19)30)34-13-14-2-6-16(7-3-14)29(31)32/h2-12,29-31H,13H2,1H3. The number of quaternary nitrogens is 1. The number of rotatable bonds is 7. The van der Waals surface area contributed by atoms with E-state index in [1.807, 2.05) is 0 Å². The molecule has 1 unspecified atom stereocenters. The van der Waals surface area contributed by atoms with Crippen LogP contribution >= 0.6 is 0 Å². The van der Waals surface area contributed by atoms with Crippen LogP contribution in [0.15, 0.2) is 71.3 Å². The molecule has 4 rings (SSSR count). The first kappa shape index (κ1) is 24.1. The first-order valence-corrected chi connectivity index (χ1v) is 10.2. The third-order valence-electron chi connectivity index (χ3n) is 5.16. The molecule has 0 aliphatic rings. The molecule has 0 aliphatic heterocycles. The first-order valence-electron chi connectivity index (χ1n) is 10.2. The van der Waals surface area contributed by atoms with E-state index in [0.717, 1.165) is 0 Å². The number of halogens is 3. The number of ether oxygens (including phenoxy) is 2. The Morgan fingerprint density at radius 2 is 1.66 bits per heavy atom. The summed E-state index contributed by atoms with van der Waals surface area (Å²) in [7, 11) is 1.44. The van der Waals surface area contributed by atoms with Crippen LogP contribution in [-0.2, 0) is 12.8 Å². The van der Waals surface area contributed by atoms with Gasteiger partial charge < -0.3 is 24.3 Å². The Labute approximate surface area is 196 Å². The summed E-state index contributed by atoms with van der Waals surface area (Å²) >= 11 is 0. The van der Waals surface area contributed by atoms with E-state index < -0.39 is 17.1 Å². The van der Waals surface area contributed by atoms with E-state index in [4.69, 9.17) is 19.2 Å². The van der Waals surface area contributed by atoms with Crippen LogP contribution in [0.3, 0.4) is 0 Å². The maximum absolute atomic E-state index is 13.6. The Morgan fingerprint density at radius 1 is 1.00 bits per heavy atom. The van der Waals surface area contributed by atoms with Crippen molar-refractivity contribution in [2.24, 2.45) is 0 Å². The summed E-state index contributed by atoms with van der Waals surface area (Å²) in [6.07, 6.45) is -4.79. The van der Waals surface area contributed by atoms with Crippen LogP contribution in [0.1, 0.15) is 11.3 Å². The zero-order valence-electron chi connectivity index (χ0n) is 18.2. The van der Waals surface area contributed by atoms with Crippen LogP contribution in [0.5, 0.6) is 17.2 Å². The summed E-state index contributed by atoms with van der Waals surface area (Å²) < 4.78 is 56.7. The molecular formula is C24H19F3N2O6. The molecule has 0 spiro atoms. The van der Waals surface area contributed by atoms with Gasteiger partial charge in [0.2, 0.25) is 0 Å². The number of methoxy groups -OCH3 is 1. The van der Waals surface area contributed by atoms with E-state index in [1.54, 1.807) is 12.1 Å². The van der Waals surface area contributed by atoms with Crippen molar-refractivity contribution in [3.05, 3.63) is 83.2 Å². The Hall–Kier alpha value is -4.06. The Kier molecular flexibility index (Phi) is 6.65. The summed E-state index contributed by atoms with van der Waals surface area (Å²) in [5.74, 6) is 0.0801. The van der Waals surface area contributed by atoms with Crippen molar-refractivity contribution in [3.8, 4) is 39.7 Å². The van der Waals surface area contributed by atoms with E-state index in [1.165, 1.54) is 61.7 Å². The predicted octanol–water partition coefficient (Wildman–Crippen LogP) is 4.72. The smallest absolute Gasteiger partial charge is 0.437 e. The molecule has 0 fully saturated rings. The second-order valence-electron chi connectivity index (χ2n) is 7.43. The number of hydrogen-bond acceptors (Lipinski definition) is 7. The molecule has 11 heteroatoms. The molecule has 0 bridgehead atoms. The summed E-state index contributed by atoms with van der Waals surface area (Å²) in [5.41, 5.74) is -0.542. The zero-order valence-corrected chi connectivity index (χ0v) is 18.2. The highest BCUT2D eigenvalue weighted by Gasteiger charge is 2.40. The van der Waals surface area contributed by atoms with Gasteiger partial charge >= 0.3 is 6.18 Å². The highest BCUT2D eigenvalue weighted by atomic mass is 19.4. The third-order valence-corrected chi connectivity index (χ3v) is 5.16. The fraction of sp³-hybridized carbons (Fsp3) is 0.125. The van der Waals surface area contributed by atoms with Crippen LogP contribution in [-0.4, -0.2) is 22.6 Å². The van der Waals surface area contributed by atoms with Gasteiger partial charge in [-0.15, -0.1) is 0 Å². The number of benzene rings is 3. The number of hydrogen-bond donors (Lipinski definition) is 3. The molecule has 1 heterocycles. The molecule has 3 aromatic carbocycles. The first-order chi connectivity index (χ1) is 16.7. The molecule has 0 radical (unpaired) electrons. The quantitative estimate of drug-likeness (QED) is 0.323. The topological polar surface area (TPSA) is 112 Å². The van der Waals surface area contributed by atoms with Gasteiger partial charge in [0.25, 0.3) is 0 Å². The van der Waals surface area contributed by atoms with Gasteiger partial charge in [-0.2, -0.15) is 18.4 Å². The monoisotopic (exact) mass is 488 g/mol. The van der Waals surface area contributed by atoms with Crippen molar-refractivity contribution in [2.45, 2.75) is 12.8 Å². The summed E-state index contributed by atoms with van der Waals surface area (Å²) in [6.45, 7) is 0.0797. The largest absolute Gasteiger partial charge is 0.595 e. The maximum Gasteiger partial charge on any atom is 0.437 e. The van der Waals surface area contributed by atoms with E-state index in [-0.39, 0.29) is 46.2 Å². The number of phenolic OH excluding ortho intramolecular Hbond substituents is 1. The molecule has 4 aromatic rings. The van der Waals surface area contributed by atoms with Gasteiger partial charge in [0.15, 0.2) is 17.1 Å². The Balaban J connectivity index is 1.63. The fourth-order valence-electron chi connectivity index (χ4n) is 3.40. The molecule has 0 saturated carbocycles. The predicted molar refractivity (Wildman–Crippen MR) is 117 cm³/mol. The van der Waals surface area contributed by atoms with Crippen molar-refractivity contribution in [3.63, 3.8) is 0 Å². The minimum Gasteiger partial charge on any atom is -0.595 e. The lowest BCUT2D eigenvalue weighted by Crippen LogP contribution is -2.99. The minimum absolute atomic E-state index is 0.00280. The van der Waals surface area contributed by atoms with Crippen LogP contribution in [0.2, 0.25) is 0 Å². The average molecular weight is 488 g/mol. The molecule has 182 valence electrons. The molecule has 3 N–H and O–H groups in total. The number of aromatic nitrogens is 1. The fourth-order valence-corrected chi connectivity index (χ4v) is 3.40. The van der Waals surface area contributed by atoms with Crippen molar-refractivity contribution in [1.29, 1.82) is 0 Å². The molecule has 8 nitrogen and oxygen atoms in total. The highest BCUT2D eigenvalue weighted by Crippen LogP contribution is 2.45. The SMILES string of the molecule is COc1ccc(-c2c(C(F)(F)F)noc2-c2ccc(OCc3ccc([NH+]([O-])O)cc3)cc2O)cc1. The average Bonchev–Trinajstić information content (AvgIpc) is 3.28. The van der Waals surface area contributed by atoms with Gasteiger partial charge in [-0.3, -0.25) is 0 Å². The van der Waals surface area contributed by atoms with Crippen LogP contribution < -0.4 is 14.7 Å². The Morgan fingerprint density at radius 3 is 2.23 bits per heavy atom. The lowest BCUT2D eigenvalue weighted by atomic mass is 9.98. The van der Waals surface area contributed by atoms with Gasteiger partial charge in [0, 0.05) is 18.2 Å². The van der Waals surface area contributed by atoms with Crippen LogP contribution in [0.25, 0.3) is 22.5 Å². The zero-order chi connectivity index (χ0) is 25.2. The molecule has 1 atom stereocenters. The molecule has 0 amide bonds. The lowest BCUT2D eigenvalue weighted by Gasteiger charge is -2.12. The van der Waals surface area contributed by atoms with E-state index in [2.05, 4.69) is 5.16 Å². The van der Waals surface area contributed by atoms with Gasteiger partial charge in [-0.1, -0.05) is 17.3 Å². The molecule has 0 aliphatic carbocycles. The second kappa shape index (κ2) is 9.66. The van der Waals surface area contributed by atoms with Gasteiger partial charge in [-0.25, -0.2) is 5.21 Å². The van der Waals surface area contributed by atoms with Gasteiger partial charge in [-0.05, 0) is 47.5 Å². The number of phenols is 1. The van der Waals surface area contributed by atoms with Gasteiger partial charge in [0.05, 0.1) is 18.2 Å². The summed E-state index contributed by atoms with van der Waals surface area (Å²) in [6, 6.07) is 16.0. The number of aromatic hydroxyl groups is 1. The van der Waals surface area contributed by atoms with E-state index >= 15 is 0 Å². The minimum atomic E-state index is -4.79. The van der Waals surface area contributed by atoms with E-state index in [0.29, 0.717) is 11.3 Å². The number of nitrogens with one attached hydrogen (secondary N) is 1. The van der Waals surface area contributed by atoms with Crippen molar-refractivity contribution >= 4 is 5.69 Å². The van der Waals surface area contributed by atoms with Crippen LogP contribution in [0.4, 0.5) is 18.9 Å². The molecular weight excluding hydrogens is 469 g/mol. The van der Waals surface area contributed by atoms with Gasteiger partial charge in [0.1, 0.15) is 23.9 Å². The maximum atomic E-state index is 13.6. The summed E-state index contributed by atoms with van der Waals surface area (Å²) in [5, 5.41) is 32.6. The molecule has 0 saturated heterocycles. The Bertz CT molecular complexity index is 1300. The number of alkyl halides is 3. The number of nitrogens with zero attached hydrogens (tertiary/aromatic N) is 1. The van der Waals surface area contributed by atoms with Crippen LogP contribution in [0, 0.1) is 5.21 Å². The molecule has 35 heavy (non-hydrogen) atoms. The summed E-state index contributed by atoms with van der Waals surface area (Å²) in [4.78, 5) is 0. The third kappa shape index (κ3) is 5.22.